The van der Waals surface area contributed by atoms with Crippen molar-refractivity contribution in [2.45, 2.75) is 13.8 Å². The van der Waals surface area contributed by atoms with Gasteiger partial charge in [-0.25, -0.2) is 4.79 Å². The van der Waals surface area contributed by atoms with Crippen molar-refractivity contribution in [1.82, 2.24) is 9.97 Å². The van der Waals surface area contributed by atoms with E-state index in [1.807, 2.05) is 56.3 Å². The van der Waals surface area contributed by atoms with Crippen LogP contribution in [0.2, 0.25) is 0 Å². The van der Waals surface area contributed by atoms with Gasteiger partial charge < -0.3 is 5.11 Å². The summed E-state index contributed by atoms with van der Waals surface area (Å²) in [5.74, 6) is -0.979. The van der Waals surface area contributed by atoms with Crippen molar-refractivity contribution in [2.24, 2.45) is 0 Å². The van der Waals surface area contributed by atoms with E-state index in [9.17, 15) is 9.90 Å². The van der Waals surface area contributed by atoms with Gasteiger partial charge in [0.1, 0.15) is 0 Å². The van der Waals surface area contributed by atoms with E-state index in [2.05, 4.69) is 9.97 Å². The lowest BCUT2D eigenvalue weighted by Crippen LogP contribution is -2.02. The first-order valence-electron chi connectivity index (χ1n) is 7.28. The van der Waals surface area contributed by atoms with E-state index < -0.39 is 5.97 Å². The SMILES string of the molecule is Cc1cc(-c2cc(-c3ccccc3C)c(C(=O)O)cn2)ccn1. The molecule has 23 heavy (non-hydrogen) atoms. The van der Waals surface area contributed by atoms with E-state index in [4.69, 9.17) is 0 Å². The van der Waals surface area contributed by atoms with Crippen LogP contribution >= 0.6 is 0 Å². The fraction of sp³-hybridized carbons (Fsp3) is 0.105. The van der Waals surface area contributed by atoms with E-state index in [1.165, 1.54) is 6.20 Å². The average molecular weight is 304 g/mol. The molecule has 0 fully saturated rings. The Hall–Kier alpha value is -3.01. The topological polar surface area (TPSA) is 63.1 Å². The summed E-state index contributed by atoms with van der Waals surface area (Å²) in [4.78, 5) is 20.1. The van der Waals surface area contributed by atoms with Crippen LogP contribution in [0, 0.1) is 13.8 Å². The summed E-state index contributed by atoms with van der Waals surface area (Å²) in [6.07, 6.45) is 3.15. The van der Waals surface area contributed by atoms with Crippen molar-refractivity contribution in [2.75, 3.05) is 0 Å². The normalized spacial score (nSPS) is 10.5. The van der Waals surface area contributed by atoms with Crippen LogP contribution in [0.4, 0.5) is 0 Å². The van der Waals surface area contributed by atoms with E-state index in [0.717, 1.165) is 28.1 Å². The van der Waals surface area contributed by atoms with Crippen molar-refractivity contribution in [3.05, 3.63) is 71.7 Å². The molecule has 0 amide bonds. The van der Waals surface area contributed by atoms with Crippen LogP contribution in [0.15, 0.2) is 54.9 Å². The number of carboxylic acids is 1. The molecule has 0 aliphatic rings. The summed E-state index contributed by atoms with van der Waals surface area (Å²) < 4.78 is 0. The molecular formula is C19H16N2O2. The third kappa shape index (κ3) is 2.97. The Kier molecular flexibility index (Phi) is 3.89. The maximum atomic E-state index is 11.6. The molecule has 0 radical (unpaired) electrons. The number of nitrogens with zero attached hydrogens (tertiary/aromatic N) is 2. The van der Waals surface area contributed by atoms with Crippen LogP contribution < -0.4 is 0 Å². The molecule has 0 bridgehead atoms. The second-order valence-corrected chi connectivity index (χ2v) is 5.42. The Morgan fingerprint density at radius 1 is 1.00 bits per heavy atom. The largest absolute Gasteiger partial charge is 0.478 e. The first-order valence-corrected chi connectivity index (χ1v) is 7.28. The fourth-order valence-corrected chi connectivity index (χ4v) is 2.59. The highest BCUT2D eigenvalue weighted by Crippen LogP contribution is 2.30. The Bertz CT molecular complexity index is 888. The molecule has 0 aliphatic heterocycles. The second-order valence-electron chi connectivity index (χ2n) is 5.42. The number of rotatable bonds is 3. The van der Waals surface area contributed by atoms with Gasteiger partial charge in [-0.1, -0.05) is 24.3 Å². The molecule has 0 aliphatic carbocycles. The summed E-state index contributed by atoms with van der Waals surface area (Å²) in [5.41, 5.74) is 5.35. The van der Waals surface area contributed by atoms with Crippen LogP contribution in [0.25, 0.3) is 22.4 Å². The van der Waals surface area contributed by atoms with Gasteiger partial charge in [0.2, 0.25) is 0 Å². The highest BCUT2D eigenvalue weighted by atomic mass is 16.4. The number of aromatic carboxylic acids is 1. The number of hydrogen-bond acceptors (Lipinski definition) is 3. The summed E-state index contributed by atoms with van der Waals surface area (Å²) in [5, 5.41) is 9.47. The summed E-state index contributed by atoms with van der Waals surface area (Å²) in [6.45, 7) is 3.88. The van der Waals surface area contributed by atoms with E-state index in [-0.39, 0.29) is 5.56 Å². The van der Waals surface area contributed by atoms with E-state index >= 15 is 0 Å². The number of aryl methyl sites for hydroxylation is 2. The molecule has 4 heteroatoms. The molecule has 0 saturated heterocycles. The van der Waals surface area contributed by atoms with Crippen molar-refractivity contribution >= 4 is 5.97 Å². The molecule has 2 aromatic heterocycles. The number of hydrogen-bond donors (Lipinski definition) is 1. The molecule has 3 rings (SSSR count). The molecule has 114 valence electrons. The summed E-state index contributed by atoms with van der Waals surface area (Å²) in [7, 11) is 0. The third-order valence-corrected chi connectivity index (χ3v) is 3.76. The minimum absolute atomic E-state index is 0.203. The lowest BCUT2D eigenvalue weighted by molar-refractivity contribution is 0.0697. The average Bonchev–Trinajstić information content (AvgIpc) is 2.54. The lowest BCUT2D eigenvalue weighted by Gasteiger charge is -2.11. The monoisotopic (exact) mass is 304 g/mol. The predicted molar refractivity (Wildman–Crippen MR) is 89.3 cm³/mol. The Morgan fingerprint density at radius 2 is 1.78 bits per heavy atom. The van der Waals surface area contributed by atoms with E-state index in [1.54, 1.807) is 6.20 Å². The maximum absolute atomic E-state index is 11.6. The minimum atomic E-state index is -0.979. The smallest absolute Gasteiger partial charge is 0.337 e. The molecule has 4 nitrogen and oxygen atoms in total. The number of carboxylic acid groups (broad SMARTS) is 1. The highest BCUT2D eigenvalue weighted by Gasteiger charge is 2.15. The van der Waals surface area contributed by atoms with Gasteiger partial charge in [-0.05, 0) is 43.2 Å². The van der Waals surface area contributed by atoms with Crippen LogP contribution in [0.5, 0.6) is 0 Å². The predicted octanol–water partition coefficient (Wildman–Crippen LogP) is 4.13. The summed E-state index contributed by atoms with van der Waals surface area (Å²) >= 11 is 0. The van der Waals surface area contributed by atoms with Gasteiger partial charge in [0.15, 0.2) is 0 Å². The zero-order chi connectivity index (χ0) is 16.4. The van der Waals surface area contributed by atoms with Crippen LogP contribution in [-0.2, 0) is 0 Å². The Labute approximate surface area is 134 Å². The molecule has 0 saturated carbocycles. The van der Waals surface area contributed by atoms with Gasteiger partial charge >= 0.3 is 5.97 Å². The third-order valence-electron chi connectivity index (χ3n) is 3.76. The number of pyridine rings is 2. The Morgan fingerprint density at radius 3 is 2.48 bits per heavy atom. The molecule has 3 aromatic rings. The molecule has 1 aromatic carbocycles. The van der Waals surface area contributed by atoms with Crippen molar-refractivity contribution in [3.63, 3.8) is 0 Å². The van der Waals surface area contributed by atoms with Crippen LogP contribution in [-0.4, -0.2) is 21.0 Å². The molecule has 0 unspecified atom stereocenters. The van der Waals surface area contributed by atoms with Crippen molar-refractivity contribution < 1.29 is 9.90 Å². The van der Waals surface area contributed by atoms with Gasteiger partial charge in [0, 0.05) is 29.2 Å². The van der Waals surface area contributed by atoms with E-state index in [0.29, 0.717) is 5.56 Å². The summed E-state index contributed by atoms with van der Waals surface area (Å²) in [6, 6.07) is 13.4. The van der Waals surface area contributed by atoms with Crippen LogP contribution in [0.1, 0.15) is 21.6 Å². The van der Waals surface area contributed by atoms with Gasteiger partial charge in [-0.15, -0.1) is 0 Å². The maximum Gasteiger partial charge on any atom is 0.337 e. The van der Waals surface area contributed by atoms with Gasteiger partial charge in [-0.2, -0.15) is 0 Å². The zero-order valence-electron chi connectivity index (χ0n) is 12.9. The zero-order valence-corrected chi connectivity index (χ0v) is 12.9. The molecule has 2 heterocycles. The number of benzene rings is 1. The highest BCUT2D eigenvalue weighted by molar-refractivity contribution is 5.97. The van der Waals surface area contributed by atoms with Gasteiger partial charge in [-0.3, -0.25) is 9.97 Å². The Balaban J connectivity index is 2.22. The second kappa shape index (κ2) is 6.01. The first-order chi connectivity index (χ1) is 11.1. The first kappa shape index (κ1) is 14.9. The molecule has 1 N–H and O–H groups in total. The number of aromatic nitrogens is 2. The molecule has 0 spiro atoms. The number of carbonyl (C=O) groups is 1. The lowest BCUT2D eigenvalue weighted by atomic mass is 9.95. The quantitative estimate of drug-likeness (QED) is 0.790. The van der Waals surface area contributed by atoms with Crippen LogP contribution in [0.3, 0.4) is 0 Å². The van der Waals surface area contributed by atoms with Crippen molar-refractivity contribution in [1.29, 1.82) is 0 Å². The minimum Gasteiger partial charge on any atom is -0.478 e. The molecule has 0 atom stereocenters. The fourth-order valence-electron chi connectivity index (χ4n) is 2.59. The van der Waals surface area contributed by atoms with Gasteiger partial charge in [0.25, 0.3) is 0 Å². The standard InChI is InChI=1S/C19H16N2O2/c1-12-5-3-4-6-15(12)16-10-18(21-11-17(16)19(22)23)14-7-8-20-13(2)9-14/h3-11H,1-2H3,(H,22,23). The van der Waals surface area contributed by atoms with Crippen molar-refractivity contribution in [3.8, 4) is 22.4 Å². The molecular weight excluding hydrogens is 288 g/mol. The van der Waals surface area contributed by atoms with Gasteiger partial charge in [0.05, 0.1) is 11.3 Å².